The van der Waals surface area contributed by atoms with Crippen LogP contribution in [0.15, 0.2) is 48.5 Å². The number of halogens is 1. The standard InChI is InChI=1S/C21H25FN2O3/c22-17-9-7-16(8-10-17)20-18-5-2-1-4-15(18)11-13-24(20)21(26)19(27-14-25)6-3-12-23/h1-2,4-5,7-10,19-20,25H,3,6,11-14,23H2/t19-,20-/m0/s1. The van der Waals surface area contributed by atoms with Gasteiger partial charge >= 0.3 is 0 Å². The maximum Gasteiger partial charge on any atom is 0.252 e. The van der Waals surface area contributed by atoms with Crippen LogP contribution >= 0.6 is 0 Å². The lowest BCUT2D eigenvalue weighted by Gasteiger charge is -2.39. The number of aliphatic hydroxyl groups is 1. The summed E-state index contributed by atoms with van der Waals surface area (Å²) >= 11 is 0. The van der Waals surface area contributed by atoms with E-state index in [-0.39, 0.29) is 17.8 Å². The molecule has 2 atom stereocenters. The largest absolute Gasteiger partial charge is 0.371 e. The fourth-order valence-corrected chi connectivity index (χ4v) is 3.66. The molecular formula is C21H25FN2O3. The highest BCUT2D eigenvalue weighted by molar-refractivity contribution is 5.82. The predicted molar refractivity (Wildman–Crippen MR) is 100 cm³/mol. The van der Waals surface area contributed by atoms with Crippen LogP contribution in [0.3, 0.4) is 0 Å². The van der Waals surface area contributed by atoms with Gasteiger partial charge in [-0.25, -0.2) is 4.39 Å². The minimum atomic E-state index is -0.744. The molecule has 1 amide bonds. The summed E-state index contributed by atoms with van der Waals surface area (Å²) < 4.78 is 18.7. The summed E-state index contributed by atoms with van der Waals surface area (Å²) in [5.74, 6) is -0.494. The predicted octanol–water partition coefficient (Wildman–Crippen LogP) is 2.37. The molecule has 0 aromatic heterocycles. The molecule has 27 heavy (non-hydrogen) atoms. The first-order chi connectivity index (χ1) is 13.2. The molecule has 0 fully saturated rings. The van der Waals surface area contributed by atoms with Crippen molar-refractivity contribution in [2.75, 3.05) is 19.9 Å². The highest BCUT2D eigenvalue weighted by Crippen LogP contribution is 2.36. The third kappa shape index (κ3) is 4.35. The highest BCUT2D eigenvalue weighted by Gasteiger charge is 2.35. The van der Waals surface area contributed by atoms with Gasteiger partial charge in [-0.15, -0.1) is 0 Å². The van der Waals surface area contributed by atoms with E-state index < -0.39 is 12.9 Å². The molecule has 3 N–H and O–H groups in total. The van der Waals surface area contributed by atoms with Gasteiger partial charge in [0.25, 0.3) is 5.91 Å². The SMILES string of the molecule is NCCC[C@H](OCO)C(=O)N1CCc2ccccc2[C@@H]1c1ccc(F)cc1. The summed E-state index contributed by atoms with van der Waals surface area (Å²) in [6.45, 7) is 0.460. The Morgan fingerprint density at radius 1 is 1.26 bits per heavy atom. The molecule has 5 nitrogen and oxygen atoms in total. The topological polar surface area (TPSA) is 75.8 Å². The lowest BCUT2D eigenvalue weighted by molar-refractivity contribution is -0.153. The molecule has 2 aromatic carbocycles. The molecule has 0 saturated carbocycles. The number of nitrogens with two attached hydrogens (primary N) is 1. The summed E-state index contributed by atoms with van der Waals surface area (Å²) in [6, 6.07) is 13.9. The van der Waals surface area contributed by atoms with Crippen LogP contribution in [0.1, 0.15) is 35.6 Å². The molecule has 144 valence electrons. The van der Waals surface area contributed by atoms with Gasteiger partial charge in [-0.1, -0.05) is 36.4 Å². The molecule has 1 aliphatic heterocycles. The van der Waals surface area contributed by atoms with Gasteiger partial charge < -0.3 is 20.5 Å². The summed E-state index contributed by atoms with van der Waals surface area (Å²) in [4.78, 5) is 15.0. The van der Waals surface area contributed by atoms with Crippen LogP contribution in [0, 0.1) is 5.82 Å². The average Bonchev–Trinajstić information content (AvgIpc) is 2.70. The maximum absolute atomic E-state index is 13.4. The third-order valence-electron chi connectivity index (χ3n) is 4.97. The van der Waals surface area contributed by atoms with Gasteiger partial charge in [-0.2, -0.15) is 0 Å². The van der Waals surface area contributed by atoms with Crippen molar-refractivity contribution in [3.63, 3.8) is 0 Å². The summed E-state index contributed by atoms with van der Waals surface area (Å²) in [5, 5.41) is 9.19. The van der Waals surface area contributed by atoms with Crippen LogP contribution in [0.5, 0.6) is 0 Å². The second-order valence-corrected chi connectivity index (χ2v) is 6.65. The van der Waals surface area contributed by atoms with E-state index in [1.54, 1.807) is 17.0 Å². The van der Waals surface area contributed by atoms with Crippen LogP contribution in [0.25, 0.3) is 0 Å². The second kappa shape index (κ2) is 9.08. The van der Waals surface area contributed by atoms with Crippen LogP contribution in [-0.2, 0) is 16.0 Å². The number of hydrogen-bond donors (Lipinski definition) is 2. The van der Waals surface area contributed by atoms with E-state index in [0.717, 1.165) is 17.5 Å². The van der Waals surface area contributed by atoms with E-state index in [0.29, 0.717) is 25.9 Å². The Labute approximate surface area is 158 Å². The quantitative estimate of drug-likeness (QED) is 0.732. The fraction of sp³-hybridized carbons (Fsp3) is 0.381. The summed E-state index contributed by atoms with van der Waals surface area (Å²) in [5.41, 5.74) is 8.63. The molecule has 0 spiro atoms. The van der Waals surface area contributed by atoms with E-state index >= 15 is 0 Å². The number of rotatable bonds is 7. The zero-order chi connectivity index (χ0) is 19.2. The summed E-state index contributed by atoms with van der Waals surface area (Å²) in [7, 11) is 0. The smallest absolute Gasteiger partial charge is 0.252 e. The first kappa shape index (κ1) is 19.5. The van der Waals surface area contributed by atoms with Crippen molar-refractivity contribution in [1.82, 2.24) is 4.90 Å². The molecule has 1 aliphatic rings. The van der Waals surface area contributed by atoms with Crippen molar-refractivity contribution >= 4 is 5.91 Å². The van der Waals surface area contributed by atoms with E-state index in [4.69, 9.17) is 10.5 Å². The normalized spacial score (nSPS) is 17.4. The van der Waals surface area contributed by atoms with Crippen LogP contribution in [0.4, 0.5) is 4.39 Å². The van der Waals surface area contributed by atoms with Crippen molar-refractivity contribution in [1.29, 1.82) is 0 Å². The zero-order valence-corrected chi connectivity index (χ0v) is 15.2. The molecule has 2 aromatic rings. The Kier molecular flexibility index (Phi) is 6.55. The highest BCUT2D eigenvalue weighted by atomic mass is 19.1. The number of nitrogens with zero attached hydrogens (tertiary/aromatic N) is 1. The summed E-state index contributed by atoms with van der Waals surface area (Å²) in [6.07, 6.45) is 1.07. The van der Waals surface area contributed by atoms with Crippen LogP contribution < -0.4 is 5.73 Å². The number of aliphatic hydroxyl groups excluding tert-OH is 1. The van der Waals surface area contributed by atoms with Gasteiger partial charge in [-0.3, -0.25) is 4.79 Å². The Morgan fingerprint density at radius 3 is 2.70 bits per heavy atom. The zero-order valence-electron chi connectivity index (χ0n) is 15.2. The molecule has 0 bridgehead atoms. The first-order valence-corrected chi connectivity index (χ1v) is 9.22. The molecular weight excluding hydrogens is 347 g/mol. The number of fused-ring (bicyclic) bond motifs is 1. The molecule has 1 heterocycles. The average molecular weight is 372 g/mol. The Balaban J connectivity index is 1.97. The second-order valence-electron chi connectivity index (χ2n) is 6.65. The van der Waals surface area contributed by atoms with E-state index in [9.17, 15) is 14.3 Å². The van der Waals surface area contributed by atoms with Crippen LogP contribution in [0.2, 0.25) is 0 Å². The Bertz CT molecular complexity index is 766. The third-order valence-corrected chi connectivity index (χ3v) is 4.97. The van der Waals surface area contributed by atoms with Crippen molar-refractivity contribution in [2.45, 2.75) is 31.4 Å². The van der Waals surface area contributed by atoms with Gasteiger partial charge in [0.1, 0.15) is 18.7 Å². The van der Waals surface area contributed by atoms with E-state index in [2.05, 4.69) is 6.07 Å². The van der Waals surface area contributed by atoms with E-state index in [1.165, 1.54) is 17.7 Å². The van der Waals surface area contributed by atoms with Gasteiger partial charge in [0.05, 0.1) is 6.04 Å². The monoisotopic (exact) mass is 372 g/mol. The molecule has 0 aliphatic carbocycles. The van der Waals surface area contributed by atoms with Gasteiger partial charge in [-0.05, 0) is 54.6 Å². The van der Waals surface area contributed by atoms with Gasteiger partial charge in [0.2, 0.25) is 0 Å². The first-order valence-electron chi connectivity index (χ1n) is 9.22. The van der Waals surface area contributed by atoms with Crippen LogP contribution in [-0.4, -0.2) is 41.9 Å². The number of hydrogen-bond acceptors (Lipinski definition) is 4. The number of carbonyl (C=O) groups excluding carboxylic acids is 1. The van der Waals surface area contributed by atoms with Gasteiger partial charge in [0, 0.05) is 6.54 Å². The Hall–Kier alpha value is -2.28. The van der Waals surface area contributed by atoms with Crippen molar-refractivity contribution in [3.8, 4) is 0 Å². The van der Waals surface area contributed by atoms with Crippen molar-refractivity contribution < 1.29 is 19.0 Å². The number of benzene rings is 2. The maximum atomic E-state index is 13.4. The molecule has 0 radical (unpaired) electrons. The van der Waals surface area contributed by atoms with Gasteiger partial charge in [0.15, 0.2) is 0 Å². The van der Waals surface area contributed by atoms with Crippen molar-refractivity contribution in [3.05, 3.63) is 71.0 Å². The number of ether oxygens (including phenoxy) is 1. The Morgan fingerprint density at radius 2 is 2.00 bits per heavy atom. The fourth-order valence-electron chi connectivity index (χ4n) is 3.66. The molecule has 3 rings (SSSR count). The minimum Gasteiger partial charge on any atom is -0.371 e. The lowest BCUT2D eigenvalue weighted by Crippen LogP contribution is -2.46. The lowest BCUT2D eigenvalue weighted by atomic mass is 9.87. The molecule has 0 unspecified atom stereocenters. The molecule has 0 saturated heterocycles. The molecule has 6 heteroatoms. The van der Waals surface area contributed by atoms with E-state index in [1.807, 2.05) is 18.2 Å². The van der Waals surface area contributed by atoms with Crippen molar-refractivity contribution in [2.24, 2.45) is 5.73 Å². The number of amides is 1. The number of carbonyl (C=O) groups is 1. The minimum absolute atomic E-state index is 0.179.